The van der Waals surface area contributed by atoms with Gasteiger partial charge < -0.3 is 14.4 Å². The third-order valence-electron chi connectivity index (χ3n) is 3.46. The Hall–Kier alpha value is -1.94. The highest BCUT2D eigenvalue weighted by atomic mass is 35.5. The van der Waals surface area contributed by atoms with E-state index in [9.17, 15) is 4.79 Å². The van der Waals surface area contributed by atoms with Gasteiger partial charge in [0, 0.05) is 34.5 Å². The number of methoxy groups -OCH3 is 2. The summed E-state index contributed by atoms with van der Waals surface area (Å²) in [4.78, 5) is 13.8. The Bertz CT molecular complexity index is 618. The molecule has 0 atom stereocenters. The molecule has 0 unspecified atom stereocenters. The number of amides is 1. The monoisotopic (exact) mass is 307 g/mol. The van der Waals surface area contributed by atoms with Crippen LogP contribution in [0.5, 0.6) is 11.5 Å². The molecule has 112 valence electrons. The molecule has 0 fully saturated rings. The first-order chi connectivity index (χ1) is 9.99. The van der Waals surface area contributed by atoms with Crippen LogP contribution >= 0.6 is 11.6 Å². The molecule has 1 heterocycles. The average molecular weight is 308 g/mol. The third kappa shape index (κ3) is 2.90. The zero-order valence-electron chi connectivity index (χ0n) is 12.4. The van der Waals surface area contributed by atoms with Crippen LogP contribution in [0.4, 0.5) is 0 Å². The second-order valence-corrected chi connectivity index (χ2v) is 5.34. The number of hydrogen-bond acceptors (Lipinski definition) is 3. The van der Waals surface area contributed by atoms with Gasteiger partial charge in [0.05, 0.1) is 14.2 Å². The second kappa shape index (κ2) is 6.22. The first-order valence-electron chi connectivity index (χ1n) is 6.58. The van der Waals surface area contributed by atoms with E-state index in [-0.39, 0.29) is 5.91 Å². The van der Waals surface area contributed by atoms with Gasteiger partial charge in [-0.05, 0) is 25.5 Å². The molecule has 1 aliphatic rings. The summed E-state index contributed by atoms with van der Waals surface area (Å²) in [7, 11) is 3.22. The number of fused-ring (bicyclic) bond motifs is 1. The number of rotatable bonds is 3. The number of hydrogen-bond donors (Lipinski definition) is 0. The molecule has 0 N–H and O–H groups in total. The number of allylic oxidation sites excluding steroid dienone is 1. The summed E-state index contributed by atoms with van der Waals surface area (Å²) in [6, 6.07) is 3.69. The van der Waals surface area contributed by atoms with Gasteiger partial charge in [0.1, 0.15) is 11.5 Å². The molecule has 0 saturated carbocycles. The molecule has 1 aromatic rings. The van der Waals surface area contributed by atoms with Gasteiger partial charge in [-0.1, -0.05) is 18.2 Å². The largest absolute Gasteiger partial charge is 0.496 e. The zero-order valence-corrected chi connectivity index (χ0v) is 13.2. The quantitative estimate of drug-likeness (QED) is 0.805. The van der Waals surface area contributed by atoms with Crippen LogP contribution < -0.4 is 9.47 Å². The molecular formula is C16H18ClNO3. The van der Waals surface area contributed by atoms with Crippen molar-refractivity contribution in [1.29, 1.82) is 0 Å². The van der Waals surface area contributed by atoms with Gasteiger partial charge in [-0.15, -0.1) is 0 Å². The van der Waals surface area contributed by atoms with E-state index in [1.165, 1.54) is 6.08 Å². The number of carbonyl (C=O) groups is 1. The fourth-order valence-corrected chi connectivity index (χ4v) is 2.61. The van der Waals surface area contributed by atoms with Gasteiger partial charge in [0.2, 0.25) is 0 Å². The number of carbonyl (C=O) groups excluding carboxylic acids is 1. The molecule has 0 aliphatic carbocycles. The van der Waals surface area contributed by atoms with Crippen molar-refractivity contribution in [3.63, 3.8) is 0 Å². The summed E-state index contributed by atoms with van der Waals surface area (Å²) < 4.78 is 10.8. The van der Waals surface area contributed by atoms with E-state index in [1.807, 2.05) is 12.1 Å². The van der Waals surface area contributed by atoms with Gasteiger partial charge in [0.15, 0.2) is 0 Å². The SMILES string of the molecule is C=C1c2c(OC)ccc(OC)c2CCN1C(=O)/C=C(\C)Cl. The lowest BCUT2D eigenvalue weighted by molar-refractivity contribution is -0.123. The molecule has 5 heteroatoms. The van der Waals surface area contributed by atoms with E-state index >= 15 is 0 Å². The standard InChI is InChI=1S/C16H18ClNO3/c1-10(17)9-15(19)18-8-7-12-13(20-3)5-6-14(21-4)16(12)11(18)2/h5-6,9H,2,7-8H2,1,3-4H3/b10-9+. The van der Waals surface area contributed by atoms with Crippen LogP contribution in [0.25, 0.3) is 5.70 Å². The minimum Gasteiger partial charge on any atom is -0.496 e. The number of nitrogens with zero attached hydrogens (tertiary/aromatic N) is 1. The molecule has 0 aromatic heterocycles. The summed E-state index contributed by atoms with van der Waals surface area (Å²) in [5.41, 5.74) is 2.43. The van der Waals surface area contributed by atoms with Crippen LogP contribution in [0.3, 0.4) is 0 Å². The van der Waals surface area contributed by atoms with E-state index in [1.54, 1.807) is 26.0 Å². The summed E-state index contributed by atoms with van der Waals surface area (Å²) in [6.07, 6.45) is 2.07. The lowest BCUT2D eigenvalue weighted by Crippen LogP contribution is -2.34. The maximum absolute atomic E-state index is 12.2. The second-order valence-electron chi connectivity index (χ2n) is 4.74. The first kappa shape index (κ1) is 15.4. The summed E-state index contributed by atoms with van der Waals surface area (Å²) in [5, 5.41) is 0.441. The molecule has 1 amide bonds. The lowest BCUT2D eigenvalue weighted by atomic mass is 9.95. The molecule has 2 rings (SSSR count). The van der Waals surface area contributed by atoms with Crippen molar-refractivity contribution in [3.8, 4) is 11.5 Å². The van der Waals surface area contributed by atoms with Crippen LogP contribution in [0.15, 0.2) is 29.8 Å². The van der Waals surface area contributed by atoms with Gasteiger partial charge in [-0.2, -0.15) is 0 Å². The zero-order chi connectivity index (χ0) is 15.6. The van der Waals surface area contributed by atoms with Gasteiger partial charge in [-0.25, -0.2) is 0 Å². The Morgan fingerprint density at radius 3 is 2.52 bits per heavy atom. The summed E-state index contributed by atoms with van der Waals surface area (Å²) in [6.45, 7) is 6.25. The topological polar surface area (TPSA) is 38.8 Å². The molecule has 1 aliphatic heterocycles. The normalized spacial score (nSPS) is 14.8. The van der Waals surface area contributed by atoms with Crippen molar-refractivity contribution in [2.75, 3.05) is 20.8 Å². The highest BCUT2D eigenvalue weighted by Gasteiger charge is 2.28. The lowest BCUT2D eigenvalue weighted by Gasteiger charge is -2.32. The molecule has 4 nitrogen and oxygen atoms in total. The maximum Gasteiger partial charge on any atom is 0.252 e. The van der Waals surface area contributed by atoms with Crippen molar-refractivity contribution in [1.82, 2.24) is 4.90 Å². The average Bonchev–Trinajstić information content (AvgIpc) is 2.45. The number of halogens is 1. The highest BCUT2D eigenvalue weighted by molar-refractivity contribution is 6.30. The van der Waals surface area contributed by atoms with Crippen LogP contribution in [0.1, 0.15) is 18.1 Å². The fraction of sp³-hybridized carbons (Fsp3) is 0.312. The van der Waals surface area contributed by atoms with Gasteiger partial charge >= 0.3 is 0 Å². The Morgan fingerprint density at radius 1 is 1.33 bits per heavy atom. The molecule has 21 heavy (non-hydrogen) atoms. The smallest absolute Gasteiger partial charge is 0.252 e. The van der Waals surface area contributed by atoms with E-state index in [4.69, 9.17) is 21.1 Å². The van der Waals surface area contributed by atoms with Crippen molar-refractivity contribution < 1.29 is 14.3 Å². The predicted molar refractivity (Wildman–Crippen MR) is 83.6 cm³/mol. The molecule has 0 bridgehead atoms. The molecule has 0 radical (unpaired) electrons. The predicted octanol–water partition coefficient (Wildman–Crippen LogP) is 3.20. The van der Waals surface area contributed by atoms with Crippen LogP contribution in [-0.2, 0) is 11.2 Å². The van der Waals surface area contributed by atoms with Crippen LogP contribution in [0.2, 0.25) is 0 Å². The van der Waals surface area contributed by atoms with E-state index < -0.39 is 0 Å². The van der Waals surface area contributed by atoms with Crippen molar-refractivity contribution in [2.45, 2.75) is 13.3 Å². The Kier molecular flexibility index (Phi) is 4.58. The minimum absolute atomic E-state index is 0.178. The van der Waals surface area contributed by atoms with E-state index in [0.29, 0.717) is 29.4 Å². The van der Waals surface area contributed by atoms with E-state index in [0.717, 1.165) is 16.9 Å². The molecule has 0 saturated heterocycles. The number of ether oxygens (including phenoxy) is 2. The van der Waals surface area contributed by atoms with Gasteiger partial charge in [0.25, 0.3) is 5.91 Å². The minimum atomic E-state index is -0.178. The number of benzene rings is 1. The fourth-order valence-electron chi connectivity index (χ4n) is 2.52. The van der Waals surface area contributed by atoms with Crippen LogP contribution in [0, 0.1) is 0 Å². The molecule has 0 spiro atoms. The Balaban J connectivity index is 2.48. The molecular weight excluding hydrogens is 290 g/mol. The Labute approximate surface area is 129 Å². The van der Waals surface area contributed by atoms with Crippen molar-refractivity contribution >= 4 is 23.2 Å². The Morgan fingerprint density at radius 2 is 1.95 bits per heavy atom. The van der Waals surface area contributed by atoms with Crippen molar-refractivity contribution in [3.05, 3.63) is 40.9 Å². The highest BCUT2D eigenvalue weighted by Crippen LogP contribution is 2.39. The van der Waals surface area contributed by atoms with Crippen molar-refractivity contribution in [2.24, 2.45) is 0 Å². The van der Waals surface area contributed by atoms with Crippen LogP contribution in [-0.4, -0.2) is 31.6 Å². The van der Waals surface area contributed by atoms with E-state index in [2.05, 4.69) is 6.58 Å². The summed E-state index contributed by atoms with van der Waals surface area (Å²) in [5.74, 6) is 1.28. The maximum atomic E-state index is 12.2. The van der Waals surface area contributed by atoms with Gasteiger partial charge in [-0.3, -0.25) is 4.79 Å². The third-order valence-corrected chi connectivity index (χ3v) is 3.57. The summed E-state index contributed by atoms with van der Waals surface area (Å²) >= 11 is 5.79. The molecule has 1 aromatic carbocycles. The first-order valence-corrected chi connectivity index (χ1v) is 6.95.